The van der Waals surface area contributed by atoms with Gasteiger partial charge in [-0.2, -0.15) is 0 Å². The first-order valence-corrected chi connectivity index (χ1v) is 7.73. The highest BCUT2D eigenvalue weighted by atomic mass is 32.1. The predicted octanol–water partition coefficient (Wildman–Crippen LogP) is 2.37. The van der Waals surface area contributed by atoms with Crippen LogP contribution in [0.5, 0.6) is 0 Å². The summed E-state index contributed by atoms with van der Waals surface area (Å²) in [6.07, 6.45) is 0.985. The van der Waals surface area contributed by atoms with Crippen LogP contribution in [0.3, 0.4) is 0 Å². The Kier molecular flexibility index (Phi) is 6.39. The molecule has 4 nitrogen and oxygen atoms in total. The molecule has 2 N–H and O–H groups in total. The molecule has 110 valence electrons. The molecule has 0 aliphatic carbocycles. The van der Waals surface area contributed by atoms with Crippen molar-refractivity contribution < 1.29 is 4.74 Å². The normalized spacial score (nSPS) is 12.4. The molecule has 19 heavy (non-hydrogen) atoms. The van der Waals surface area contributed by atoms with E-state index in [4.69, 9.17) is 15.5 Å². The highest BCUT2D eigenvalue weighted by Crippen LogP contribution is 2.29. The Hall–Kier alpha value is -0.490. The van der Waals surface area contributed by atoms with E-state index in [0.717, 1.165) is 41.6 Å². The number of aromatic nitrogens is 1. The molecular formula is C14H27N3OS. The van der Waals surface area contributed by atoms with Gasteiger partial charge in [0.2, 0.25) is 0 Å². The maximum Gasteiger partial charge on any atom is 0.0945 e. The highest BCUT2D eigenvalue weighted by Gasteiger charge is 2.23. The van der Waals surface area contributed by atoms with E-state index in [1.165, 1.54) is 0 Å². The summed E-state index contributed by atoms with van der Waals surface area (Å²) in [5, 5.41) is 1.16. The van der Waals surface area contributed by atoms with Crippen molar-refractivity contribution in [2.24, 2.45) is 5.73 Å². The molecule has 1 heterocycles. The minimum absolute atomic E-state index is 0.348. The van der Waals surface area contributed by atoms with Gasteiger partial charge in [0.15, 0.2) is 0 Å². The number of rotatable bonds is 8. The molecular weight excluding hydrogens is 258 g/mol. The number of ether oxygens (including phenoxy) is 1. The van der Waals surface area contributed by atoms with Crippen LogP contribution in [0.1, 0.15) is 43.3 Å². The van der Waals surface area contributed by atoms with E-state index in [-0.39, 0.29) is 5.54 Å². The SMILES string of the molecule is CCN(CC)CCc1nc(COC)c(C(C)(C)N)s1. The Labute approximate surface area is 121 Å². The molecule has 0 saturated carbocycles. The Bertz CT molecular complexity index is 381. The van der Waals surface area contributed by atoms with E-state index < -0.39 is 0 Å². The zero-order valence-corrected chi connectivity index (χ0v) is 13.6. The summed E-state index contributed by atoms with van der Waals surface area (Å²) in [7, 11) is 1.70. The zero-order valence-electron chi connectivity index (χ0n) is 12.8. The zero-order chi connectivity index (χ0) is 14.5. The van der Waals surface area contributed by atoms with Crippen LogP contribution in [0, 0.1) is 0 Å². The van der Waals surface area contributed by atoms with Crippen LogP contribution < -0.4 is 5.73 Å². The van der Waals surface area contributed by atoms with Crippen molar-refractivity contribution in [3.05, 3.63) is 15.6 Å². The molecule has 0 bridgehead atoms. The third-order valence-electron chi connectivity index (χ3n) is 3.14. The summed E-state index contributed by atoms with van der Waals surface area (Å²) < 4.78 is 5.22. The maximum atomic E-state index is 6.21. The van der Waals surface area contributed by atoms with Gasteiger partial charge in [-0.25, -0.2) is 4.98 Å². The smallest absolute Gasteiger partial charge is 0.0945 e. The topological polar surface area (TPSA) is 51.4 Å². The first-order chi connectivity index (χ1) is 8.92. The van der Waals surface area contributed by atoms with Crippen LogP contribution in [0.4, 0.5) is 0 Å². The fraction of sp³-hybridized carbons (Fsp3) is 0.786. The van der Waals surface area contributed by atoms with Crippen molar-refractivity contribution in [1.82, 2.24) is 9.88 Å². The molecule has 0 aliphatic rings. The minimum atomic E-state index is -0.348. The molecule has 0 spiro atoms. The summed E-state index contributed by atoms with van der Waals surface area (Å²) >= 11 is 1.73. The molecule has 1 rings (SSSR count). The fourth-order valence-electron chi connectivity index (χ4n) is 2.04. The Morgan fingerprint density at radius 2 is 1.95 bits per heavy atom. The van der Waals surface area contributed by atoms with Gasteiger partial charge in [0, 0.05) is 30.5 Å². The third kappa shape index (κ3) is 4.84. The van der Waals surface area contributed by atoms with Crippen LogP contribution in [0.25, 0.3) is 0 Å². The van der Waals surface area contributed by atoms with Gasteiger partial charge < -0.3 is 15.4 Å². The van der Waals surface area contributed by atoms with Crippen molar-refractivity contribution in [2.75, 3.05) is 26.7 Å². The Balaban J connectivity index is 2.80. The molecule has 5 heteroatoms. The number of nitrogens with two attached hydrogens (primary N) is 1. The standard InChI is InChI=1S/C14H27N3OS/c1-6-17(7-2)9-8-12-16-11(10-18-5)13(19-12)14(3,4)15/h6-10,15H2,1-5H3. The lowest BCUT2D eigenvalue weighted by Crippen LogP contribution is -2.28. The van der Waals surface area contributed by atoms with Gasteiger partial charge in [0.05, 0.1) is 17.3 Å². The van der Waals surface area contributed by atoms with E-state index in [1.807, 2.05) is 13.8 Å². The Morgan fingerprint density at radius 3 is 2.42 bits per heavy atom. The molecule has 0 unspecified atom stereocenters. The highest BCUT2D eigenvalue weighted by molar-refractivity contribution is 7.11. The predicted molar refractivity (Wildman–Crippen MR) is 81.5 cm³/mol. The monoisotopic (exact) mass is 285 g/mol. The van der Waals surface area contributed by atoms with E-state index >= 15 is 0 Å². The van der Waals surface area contributed by atoms with Gasteiger partial charge in [-0.1, -0.05) is 13.8 Å². The fourth-order valence-corrected chi connectivity index (χ4v) is 3.11. The van der Waals surface area contributed by atoms with Crippen molar-refractivity contribution in [3.8, 4) is 0 Å². The molecule has 0 radical (unpaired) electrons. The average Bonchev–Trinajstić information content (AvgIpc) is 2.74. The summed E-state index contributed by atoms with van der Waals surface area (Å²) in [6.45, 7) is 12.2. The second kappa shape index (κ2) is 7.33. The van der Waals surface area contributed by atoms with Crippen LogP contribution in [0.2, 0.25) is 0 Å². The molecule has 1 aromatic rings. The lowest BCUT2D eigenvalue weighted by Gasteiger charge is -2.17. The number of nitrogens with zero attached hydrogens (tertiary/aromatic N) is 2. The minimum Gasteiger partial charge on any atom is -0.378 e. The molecule has 0 saturated heterocycles. The van der Waals surface area contributed by atoms with E-state index in [1.54, 1.807) is 18.4 Å². The molecule has 0 fully saturated rings. The van der Waals surface area contributed by atoms with Gasteiger partial charge in [-0.3, -0.25) is 0 Å². The van der Waals surface area contributed by atoms with Gasteiger partial charge in [0.1, 0.15) is 0 Å². The van der Waals surface area contributed by atoms with Gasteiger partial charge >= 0.3 is 0 Å². The van der Waals surface area contributed by atoms with Crippen LogP contribution in [-0.4, -0.2) is 36.6 Å². The van der Waals surface area contributed by atoms with E-state index in [2.05, 4.69) is 18.7 Å². The molecule has 0 aliphatic heterocycles. The quantitative estimate of drug-likeness (QED) is 0.796. The summed E-state index contributed by atoms with van der Waals surface area (Å²) in [4.78, 5) is 8.24. The average molecular weight is 285 g/mol. The second-order valence-electron chi connectivity index (χ2n) is 5.32. The van der Waals surface area contributed by atoms with Crippen molar-refractivity contribution in [2.45, 2.75) is 46.3 Å². The van der Waals surface area contributed by atoms with Gasteiger partial charge in [0.25, 0.3) is 0 Å². The summed E-state index contributed by atoms with van der Waals surface area (Å²) in [5.74, 6) is 0. The van der Waals surface area contributed by atoms with Crippen molar-refractivity contribution in [1.29, 1.82) is 0 Å². The van der Waals surface area contributed by atoms with Crippen LogP contribution in [-0.2, 0) is 23.3 Å². The van der Waals surface area contributed by atoms with Crippen molar-refractivity contribution >= 4 is 11.3 Å². The number of methoxy groups -OCH3 is 1. The Morgan fingerprint density at radius 1 is 1.32 bits per heavy atom. The number of likely N-dealkylation sites (N-methyl/N-ethyl adjacent to an activating group) is 1. The second-order valence-corrected chi connectivity index (χ2v) is 6.40. The molecule has 1 aromatic heterocycles. The number of hydrogen-bond acceptors (Lipinski definition) is 5. The third-order valence-corrected chi connectivity index (χ3v) is 4.64. The van der Waals surface area contributed by atoms with Crippen LogP contribution in [0.15, 0.2) is 0 Å². The summed E-state index contributed by atoms with van der Waals surface area (Å²) in [6, 6.07) is 0. The lowest BCUT2D eigenvalue weighted by atomic mass is 10.0. The summed E-state index contributed by atoms with van der Waals surface area (Å²) in [5.41, 5.74) is 6.86. The number of hydrogen-bond donors (Lipinski definition) is 1. The number of thiazole rings is 1. The lowest BCUT2D eigenvalue weighted by molar-refractivity contribution is 0.180. The van der Waals surface area contributed by atoms with Crippen LogP contribution >= 0.6 is 11.3 Å². The maximum absolute atomic E-state index is 6.21. The molecule has 0 amide bonds. The van der Waals surface area contributed by atoms with Gasteiger partial charge in [-0.15, -0.1) is 11.3 Å². The first-order valence-electron chi connectivity index (χ1n) is 6.91. The largest absolute Gasteiger partial charge is 0.378 e. The molecule has 0 aromatic carbocycles. The van der Waals surface area contributed by atoms with E-state index in [0.29, 0.717) is 6.61 Å². The van der Waals surface area contributed by atoms with Gasteiger partial charge in [-0.05, 0) is 26.9 Å². The molecule has 0 atom stereocenters. The first kappa shape index (κ1) is 16.6. The van der Waals surface area contributed by atoms with E-state index in [9.17, 15) is 0 Å². The van der Waals surface area contributed by atoms with Crippen molar-refractivity contribution in [3.63, 3.8) is 0 Å².